The van der Waals surface area contributed by atoms with E-state index in [1.54, 1.807) is 20.1 Å². The standard InChI is InChI=1S/C24H26N4O6S2/c1-6-11-28-17(12-15-7-9-16(32-3)10-8-15)26-27-24(28)35-13-18(29)25-21-19(22(30)33-4)14(2)20(36-21)23(31)34-5/h6-10H,1,11-13H2,2-5H3,(H,25,29). The highest BCUT2D eigenvalue weighted by atomic mass is 32.2. The lowest BCUT2D eigenvalue weighted by molar-refractivity contribution is -0.113. The summed E-state index contributed by atoms with van der Waals surface area (Å²) in [5.74, 6) is -0.137. The number of allylic oxidation sites excluding steroid dienone is 1. The summed E-state index contributed by atoms with van der Waals surface area (Å²) < 4.78 is 16.7. The molecule has 0 atom stereocenters. The number of hydrogen-bond acceptors (Lipinski definition) is 10. The van der Waals surface area contributed by atoms with Crippen LogP contribution in [0.4, 0.5) is 5.00 Å². The van der Waals surface area contributed by atoms with Crippen LogP contribution >= 0.6 is 23.1 Å². The molecule has 36 heavy (non-hydrogen) atoms. The molecule has 1 N–H and O–H groups in total. The maximum Gasteiger partial charge on any atom is 0.348 e. The van der Waals surface area contributed by atoms with Crippen LogP contribution in [0.15, 0.2) is 42.1 Å². The summed E-state index contributed by atoms with van der Waals surface area (Å²) in [6, 6.07) is 7.67. The third kappa shape index (κ3) is 6.13. The Morgan fingerprint density at radius 2 is 1.81 bits per heavy atom. The van der Waals surface area contributed by atoms with E-state index < -0.39 is 11.9 Å². The Morgan fingerprint density at radius 1 is 1.11 bits per heavy atom. The molecule has 1 amide bonds. The Hall–Kier alpha value is -3.64. The van der Waals surface area contributed by atoms with Crippen LogP contribution in [0.1, 0.15) is 37.0 Å². The fraction of sp³-hybridized carbons (Fsp3) is 0.292. The lowest BCUT2D eigenvalue weighted by atomic mass is 10.1. The predicted molar refractivity (Wildman–Crippen MR) is 137 cm³/mol. The third-order valence-electron chi connectivity index (χ3n) is 5.12. The summed E-state index contributed by atoms with van der Waals surface area (Å²) in [4.78, 5) is 37.3. The first kappa shape index (κ1) is 27.0. The minimum atomic E-state index is -0.657. The fourth-order valence-electron chi connectivity index (χ4n) is 3.32. The fourth-order valence-corrected chi connectivity index (χ4v) is 5.22. The van der Waals surface area contributed by atoms with Crippen LogP contribution in [0.5, 0.6) is 5.75 Å². The number of nitrogens with zero attached hydrogens (tertiary/aromatic N) is 3. The number of thioether (sulfide) groups is 1. The molecular weight excluding hydrogens is 504 g/mol. The number of rotatable bonds is 11. The number of ether oxygens (including phenoxy) is 3. The smallest absolute Gasteiger partial charge is 0.348 e. The van der Waals surface area contributed by atoms with Gasteiger partial charge in [-0.2, -0.15) is 0 Å². The van der Waals surface area contributed by atoms with Gasteiger partial charge in [-0.15, -0.1) is 28.1 Å². The number of benzene rings is 1. The van der Waals surface area contributed by atoms with Crippen LogP contribution in [0.25, 0.3) is 0 Å². The van der Waals surface area contributed by atoms with Crippen molar-refractivity contribution in [2.24, 2.45) is 0 Å². The molecule has 2 aromatic heterocycles. The summed E-state index contributed by atoms with van der Waals surface area (Å²) >= 11 is 2.16. The van der Waals surface area contributed by atoms with E-state index in [1.807, 2.05) is 28.8 Å². The zero-order chi connectivity index (χ0) is 26.2. The van der Waals surface area contributed by atoms with Crippen LogP contribution < -0.4 is 10.1 Å². The van der Waals surface area contributed by atoms with Gasteiger partial charge in [0.1, 0.15) is 21.5 Å². The maximum atomic E-state index is 12.8. The quantitative estimate of drug-likeness (QED) is 0.224. The number of carbonyl (C=O) groups excluding carboxylic acids is 3. The summed E-state index contributed by atoms with van der Waals surface area (Å²) in [7, 11) is 4.09. The van der Waals surface area contributed by atoms with Crippen molar-refractivity contribution in [3.8, 4) is 5.75 Å². The number of nitrogens with one attached hydrogen (secondary N) is 1. The van der Waals surface area contributed by atoms with Gasteiger partial charge in [0.25, 0.3) is 0 Å². The summed E-state index contributed by atoms with van der Waals surface area (Å²) in [5.41, 5.74) is 1.54. The first-order valence-electron chi connectivity index (χ1n) is 10.7. The van der Waals surface area contributed by atoms with Crippen molar-refractivity contribution in [2.45, 2.75) is 25.0 Å². The van der Waals surface area contributed by atoms with Gasteiger partial charge >= 0.3 is 11.9 Å². The zero-order valence-corrected chi connectivity index (χ0v) is 22.0. The second-order valence-electron chi connectivity index (χ2n) is 7.40. The number of amides is 1. The summed E-state index contributed by atoms with van der Waals surface area (Å²) in [6.45, 7) is 5.88. The number of methoxy groups -OCH3 is 3. The number of carbonyl (C=O) groups is 3. The van der Waals surface area contributed by atoms with Crippen molar-refractivity contribution < 1.29 is 28.6 Å². The van der Waals surface area contributed by atoms with Gasteiger partial charge in [-0.05, 0) is 30.2 Å². The average molecular weight is 531 g/mol. The predicted octanol–water partition coefficient (Wildman–Crippen LogP) is 3.74. The molecule has 0 spiro atoms. The van der Waals surface area contributed by atoms with E-state index in [4.69, 9.17) is 14.2 Å². The molecule has 3 aromatic rings. The monoisotopic (exact) mass is 530 g/mol. The molecule has 0 fully saturated rings. The van der Waals surface area contributed by atoms with Crippen molar-refractivity contribution in [1.82, 2.24) is 14.8 Å². The maximum absolute atomic E-state index is 12.8. The van der Waals surface area contributed by atoms with Crippen molar-refractivity contribution in [2.75, 3.05) is 32.4 Å². The van der Waals surface area contributed by atoms with Gasteiger partial charge in [-0.25, -0.2) is 9.59 Å². The molecule has 0 saturated heterocycles. The molecule has 0 aliphatic heterocycles. The Balaban J connectivity index is 1.74. The van der Waals surface area contributed by atoms with E-state index in [9.17, 15) is 14.4 Å². The molecule has 1 aromatic carbocycles. The molecule has 0 unspecified atom stereocenters. The molecule has 10 nitrogen and oxygen atoms in total. The second kappa shape index (κ2) is 12.4. The van der Waals surface area contributed by atoms with Crippen LogP contribution in [0.3, 0.4) is 0 Å². The van der Waals surface area contributed by atoms with Gasteiger partial charge in [0.2, 0.25) is 5.91 Å². The molecular formula is C24H26N4O6S2. The Labute approximate surface area is 216 Å². The lowest BCUT2D eigenvalue weighted by Crippen LogP contribution is -2.16. The molecule has 0 aliphatic rings. The molecule has 0 radical (unpaired) electrons. The normalized spacial score (nSPS) is 10.6. The van der Waals surface area contributed by atoms with Gasteiger partial charge in [-0.3, -0.25) is 4.79 Å². The Bertz CT molecular complexity index is 1270. The molecule has 190 valence electrons. The number of anilines is 1. The van der Waals surface area contributed by atoms with Gasteiger partial charge < -0.3 is 24.1 Å². The topological polar surface area (TPSA) is 122 Å². The highest BCUT2D eigenvalue weighted by Gasteiger charge is 2.27. The highest BCUT2D eigenvalue weighted by Crippen LogP contribution is 2.34. The number of aromatic nitrogens is 3. The van der Waals surface area contributed by atoms with Crippen molar-refractivity contribution >= 4 is 45.9 Å². The van der Waals surface area contributed by atoms with Crippen LogP contribution in [0.2, 0.25) is 0 Å². The molecule has 0 bridgehead atoms. The lowest BCUT2D eigenvalue weighted by Gasteiger charge is -2.09. The van der Waals surface area contributed by atoms with E-state index in [0.717, 1.165) is 28.5 Å². The Morgan fingerprint density at radius 3 is 2.42 bits per heavy atom. The number of thiophene rings is 1. The van der Waals surface area contributed by atoms with Crippen molar-refractivity contribution in [3.63, 3.8) is 0 Å². The number of hydrogen-bond donors (Lipinski definition) is 1. The van der Waals surface area contributed by atoms with Crippen LogP contribution in [-0.4, -0.2) is 59.7 Å². The third-order valence-corrected chi connectivity index (χ3v) is 7.27. The largest absolute Gasteiger partial charge is 0.497 e. The van der Waals surface area contributed by atoms with Crippen LogP contribution in [0, 0.1) is 6.92 Å². The minimum absolute atomic E-state index is 0.00291. The van der Waals surface area contributed by atoms with E-state index in [0.29, 0.717) is 23.7 Å². The highest BCUT2D eigenvalue weighted by molar-refractivity contribution is 7.99. The van der Waals surface area contributed by atoms with E-state index in [2.05, 4.69) is 22.1 Å². The Kier molecular flexibility index (Phi) is 9.25. The van der Waals surface area contributed by atoms with Crippen molar-refractivity contribution in [1.29, 1.82) is 0 Å². The van der Waals surface area contributed by atoms with Gasteiger partial charge in [0.05, 0.1) is 32.6 Å². The van der Waals surface area contributed by atoms with Gasteiger partial charge in [0.15, 0.2) is 5.16 Å². The van der Waals surface area contributed by atoms with E-state index in [-0.39, 0.29) is 27.1 Å². The SMILES string of the molecule is C=CCn1c(Cc2ccc(OC)cc2)nnc1SCC(=O)Nc1sc(C(=O)OC)c(C)c1C(=O)OC. The van der Waals surface area contributed by atoms with Crippen LogP contribution in [-0.2, 0) is 27.2 Å². The van der Waals surface area contributed by atoms with E-state index in [1.165, 1.54) is 26.0 Å². The first-order chi connectivity index (χ1) is 17.3. The molecule has 2 heterocycles. The van der Waals surface area contributed by atoms with E-state index >= 15 is 0 Å². The van der Waals surface area contributed by atoms with Crippen molar-refractivity contribution in [3.05, 3.63) is 64.3 Å². The van der Waals surface area contributed by atoms with Gasteiger partial charge in [-0.1, -0.05) is 30.0 Å². The summed E-state index contributed by atoms with van der Waals surface area (Å²) in [6.07, 6.45) is 2.28. The molecule has 3 rings (SSSR count). The van der Waals surface area contributed by atoms with Gasteiger partial charge in [0, 0.05) is 13.0 Å². The summed E-state index contributed by atoms with van der Waals surface area (Å²) in [5, 5.41) is 12.0. The second-order valence-corrected chi connectivity index (χ2v) is 9.37. The first-order valence-corrected chi connectivity index (χ1v) is 12.5. The molecule has 0 saturated carbocycles. The zero-order valence-electron chi connectivity index (χ0n) is 20.3. The average Bonchev–Trinajstić information content (AvgIpc) is 3.42. The number of esters is 2. The molecule has 12 heteroatoms. The minimum Gasteiger partial charge on any atom is -0.497 e. The molecule has 0 aliphatic carbocycles.